The molecular formula is C30H39ClO7. The number of carbonyl (C=O) groups excluding carboxylic acids is 3. The van der Waals surface area contributed by atoms with Crippen LogP contribution in [-0.2, 0) is 23.9 Å². The van der Waals surface area contributed by atoms with Gasteiger partial charge in [0.05, 0.1) is 16.4 Å². The van der Waals surface area contributed by atoms with Crippen molar-refractivity contribution in [3.63, 3.8) is 0 Å². The molecule has 0 spiro atoms. The van der Waals surface area contributed by atoms with Crippen LogP contribution in [0.1, 0.15) is 73.6 Å². The van der Waals surface area contributed by atoms with Crippen LogP contribution in [0.2, 0.25) is 0 Å². The number of hydrogen-bond donors (Lipinski definition) is 2. The molecule has 1 aliphatic heterocycles. The van der Waals surface area contributed by atoms with Crippen LogP contribution in [0.25, 0.3) is 0 Å². The van der Waals surface area contributed by atoms with Crippen LogP contribution < -0.4 is 0 Å². The van der Waals surface area contributed by atoms with Crippen molar-refractivity contribution in [2.75, 3.05) is 0 Å². The second-order valence-electron chi connectivity index (χ2n) is 12.7. The summed E-state index contributed by atoms with van der Waals surface area (Å²) in [6.07, 6.45) is 4.96. The van der Waals surface area contributed by atoms with E-state index in [9.17, 15) is 24.6 Å². The maximum Gasteiger partial charge on any atom is 0.333 e. The third kappa shape index (κ3) is 3.37. The maximum absolute atomic E-state index is 13.4. The molecule has 0 bridgehead atoms. The molecule has 0 radical (unpaired) electrons. The van der Waals surface area contributed by atoms with Gasteiger partial charge in [-0.2, -0.15) is 0 Å². The highest BCUT2D eigenvalue weighted by Gasteiger charge is 2.74. The monoisotopic (exact) mass is 546 g/mol. The fourth-order valence-electron chi connectivity index (χ4n) is 8.63. The summed E-state index contributed by atoms with van der Waals surface area (Å²) in [6, 6.07) is 0. The van der Waals surface area contributed by atoms with Gasteiger partial charge in [0.1, 0.15) is 17.8 Å². The molecule has 2 fully saturated rings. The highest BCUT2D eigenvalue weighted by atomic mass is 35.5. The van der Waals surface area contributed by atoms with Gasteiger partial charge >= 0.3 is 11.9 Å². The van der Waals surface area contributed by atoms with Gasteiger partial charge in [-0.15, -0.1) is 11.6 Å². The second-order valence-corrected chi connectivity index (χ2v) is 13.4. The molecule has 5 rings (SSSR count). The summed E-state index contributed by atoms with van der Waals surface area (Å²) in [6.45, 7) is 10.8. The number of esters is 2. The summed E-state index contributed by atoms with van der Waals surface area (Å²) >= 11 is 7.09. The van der Waals surface area contributed by atoms with E-state index in [2.05, 4.69) is 0 Å². The van der Waals surface area contributed by atoms with Crippen molar-refractivity contribution in [2.45, 2.75) is 102 Å². The minimum atomic E-state index is -1.58. The van der Waals surface area contributed by atoms with E-state index in [0.717, 1.165) is 11.1 Å². The Hall–Kier alpha value is -1.96. The molecule has 2 saturated carbocycles. The molecular weight excluding hydrogens is 508 g/mol. The summed E-state index contributed by atoms with van der Waals surface area (Å²) < 4.78 is 11.6. The van der Waals surface area contributed by atoms with Crippen LogP contribution in [0.4, 0.5) is 0 Å². The molecule has 4 aliphatic carbocycles. The van der Waals surface area contributed by atoms with E-state index in [1.165, 1.54) is 6.92 Å². The quantitative estimate of drug-likeness (QED) is 0.310. The number of hydrogen-bond acceptors (Lipinski definition) is 7. The Bertz CT molecular complexity index is 1190. The lowest BCUT2D eigenvalue weighted by atomic mass is 9.42. The number of ether oxygens (including phenoxy) is 2. The van der Waals surface area contributed by atoms with E-state index in [4.69, 9.17) is 21.1 Å². The molecule has 38 heavy (non-hydrogen) atoms. The molecule has 10 unspecified atom stereocenters. The van der Waals surface area contributed by atoms with E-state index in [-0.39, 0.29) is 30.0 Å². The van der Waals surface area contributed by atoms with Gasteiger partial charge in [0, 0.05) is 30.3 Å². The van der Waals surface area contributed by atoms with Crippen LogP contribution in [0.5, 0.6) is 0 Å². The van der Waals surface area contributed by atoms with E-state index in [1.54, 1.807) is 19.1 Å². The van der Waals surface area contributed by atoms with Crippen molar-refractivity contribution in [3.8, 4) is 0 Å². The number of fused-ring (bicyclic) bond motifs is 5. The Morgan fingerprint density at radius 3 is 2.55 bits per heavy atom. The molecule has 5 aliphatic rings. The average Bonchev–Trinajstić information content (AvgIpc) is 3.07. The van der Waals surface area contributed by atoms with Crippen molar-refractivity contribution >= 4 is 29.3 Å². The van der Waals surface area contributed by atoms with E-state index >= 15 is 0 Å². The van der Waals surface area contributed by atoms with Gasteiger partial charge in [0.2, 0.25) is 0 Å². The van der Waals surface area contributed by atoms with E-state index in [0.29, 0.717) is 31.3 Å². The van der Waals surface area contributed by atoms with Crippen LogP contribution in [0, 0.1) is 28.6 Å². The third-order valence-corrected chi connectivity index (χ3v) is 12.0. The zero-order valence-electron chi connectivity index (χ0n) is 23.0. The molecule has 208 valence electrons. The number of halogens is 1. The first-order valence-corrected chi connectivity index (χ1v) is 14.1. The Morgan fingerprint density at radius 1 is 1.24 bits per heavy atom. The first-order chi connectivity index (χ1) is 17.6. The molecule has 1 heterocycles. The van der Waals surface area contributed by atoms with E-state index in [1.807, 2.05) is 33.8 Å². The number of carbonyl (C=O) groups is 3. The van der Waals surface area contributed by atoms with Gasteiger partial charge in [-0.1, -0.05) is 38.0 Å². The summed E-state index contributed by atoms with van der Waals surface area (Å²) in [4.78, 5) is 37.1. The highest BCUT2D eigenvalue weighted by Crippen LogP contribution is 2.70. The molecule has 10 atom stereocenters. The zero-order valence-corrected chi connectivity index (χ0v) is 23.8. The number of rotatable bonds is 3. The standard InChI is InChI=1S/C30H39ClO7/c1-15-12-22(38-26(35)16(15)2)17(3)20-14-25(37-18(4)32)30(36)21-13-24(34)29(31)10-7-8-23(33)28(29,6)19(21)9-11-27(20,30)5/h7-8,14,17,19,21-22,24-25,34,36H,9-13H2,1-6H3. The third-order valence-electron chi connectivity index (χ3n) is 11.2. The predicted molar refractivity (Wildman–Crippen MR) is 141 cm³/mol. The van der Waals surface area contributed by atoms with Crippen molar-refractivity contribution in [3.05, 3.63) is 34.9 Å². The van der Waals surface area contributed by atoms with Crippen LogP contribution >= 0.6 is 11.6 Å². The first kappa shape index (κ1) is 27.6. The molecule has 0 aromatic heterocycles. The van der Waals surface area contributed by atoms with Gasteiger partial charge in [-0.25, -0.2) is 4.79 Å². The van der Waals surface area contributed by atoms with Gasteiger partial charge in [0.25, 0.3) is 0 Å². The number of allylic oxidation sites excluding steroid dienone is 2. The Labute approximate surface area is 229 Å². The second kappa shape index (κ2) is 8.77. The lowest BCUT2D eigenvalue weighted by molar-refractivity contribution is -0.235. The molecule has 0 amide bonds. The van der Waals surface area contributed by atoms with Crippen LogP contribution in [0.15, 0.2) is 34.9 Å². The molecule has 0 saturated heterocycles. The number of aliphatic hydroxyl groups excluding tert-OH is 1. The van der Waals surface area contributed by atoms with Gasteiger partial charge < -0.3 is 19.7 Å². The fraction of sp³-hybridized carbons (Fsp3) is 0.700. The number of alkyl halides is 1. The number of cyclic esters (lactones) is 1. The smallest absolute Gasteiger partial charge is 0.333 e. The average molecular weight is 547 g/mol. The van der Waals surface area contributed by atoms with Crippen LogP contribution in [0.3, 0.4) is 0 Å². The number of aliphatic hydroxyl groups is 2. The minimum Gasteiger partial charge on any atom is -0.458 e. The highest BCUT2D eigenvalue weighted by molar-refractivity contribution is 6.28. The number of ketones is 1. The summed E-state index contributed by atoms with van der Waals surface area (Å²) in [5.74, 6) is -2.12. The normalized spacial score (nSPS) is 47.0. The Morgan fingerprint density at radius 2 is 1.92 bits per heavy atom. The van der Waals surface area contributed by atoms with Gasteiger partial charge in [-0.05, 0) is 63.5 Å². The Kier molecular flexibility index (Phi) is 6.37. The first-order valence-electron chi connectivity index (χ1n) is 13.7. The summed E-state index contributed by atoms with van der Waals surface area (Å²) in [5, 5.41) is 24.2. The lowest BCUT2D eigenvalue weighted by Crippen LogP contribution is -2.72. The fourth-order valence-corrected chi connectivity index (χ4v) is 9.04. The molecule has 0 aromatic rings. The minimum absolute atomic E-state index is 0.143. The Balaban J connectivity index is 1.59. The summed E-state index contributed by atoms with van der Waals surface area (Å²) in [5.41, 5.74) is -1.02. The largest absolute Gasteiger partial charge is 0.458 e. The van der Waals surface area contributed by atoms with Crippen molar-refractivity contribution in [2.24, 2.45) is 28.6 Å². The maximum atomic E-state index is 13.4. The van der Waals surface area contributed by atoms with Gasteiger partial charge in [0.15, 0.2) is 5.78 Å². The van der Waals surface area contributed by atoms with E-state index < -0.39 is 51.5 Å². The SMILES string of the molecule is CC(=O)OC1C=C(C(C)C2CC(C)=C(C)C(=O)O2)C2(C)CCC3C(CC(O)C4(Cl)CC=CC(=O)C34C)C12O. The van der Waals surface area contributed by atoms with Gasteiger partial charge in [-0.3, -0.25) is 9.59 Å². The van der Waals surface area contributed by atoms with Crippen LogP contribution in [-0.4, -0.2) is 56.7 Å². The molecule has 0 aromatic carbocycles. The van der Waals surface area contributed by atoms with Crippen molar-refractivity contribution in [1.82, 2.24) is 0 Å². The zero-order chi connectivity index (χ0) is 28.0. The molecule has 7 nitrogen and oxygen atoms in total. The van der Waals surface area contributed by atoms with Crippen molar-refractivity contribution < 1.29 is 34.1 Å². The van der Waals surface area contributed by atoms with Crippen molar-refractivity contribution in [1.29, 1.82) is 0 Å². The lowest BCUT2D eigenvalue weighted by Gasteiger charge is -2.65. The molecule has 8 heteroatoms. The summed E-state index contributed by atoms with van der Waals surface area (Å²) in [7, 11) is 0. The topological polar surface area (TPSA) is 110 Å². The predicted octanol–water partition coefficient (Wildman–Crippen LogP) is 4.19. The molecule has 2 N–H and O–H groups in total.